The van der Waals surface area contributed by atoms with Crippen molar-refractivity contribution in [2.24, 2.45) is 0 Å². The number of aliphatic hydroxyl groups excluding tert-OH is 1. The van der Waals surface area contributed by atoms with Crippen LogP contribution in [0.3, 0.4) is 0 Å². The highest BCUT2D eigenvalue weighted by molar-refractivity contribution is 9.10. The average molecular weight is 367 g/mol. The number of ether oxygens (including phenoxy) is 1. The number of halogens is 1. The molecule has 1 aromatic rings. The van der Waals surface area contributed by atoms with Crippen LogP contribution in [0.25, 0.3) is 0 Å². The van der Waals surface area contributed by atoms with Crippen molar-refractivity contribution in [1.82, 2.24) is 4.72 Å². The predicted octanol–water partition coefficient (Wildman–Crippen LogP) is 1.48. The van der Waals surface area contributed by atoms with Gasteiger partial charge in [-0.3, -0.25) is 0 Å². The topological polar surface area (TPSA) is 102 Å². The SMILES string of the molecule is CCC(O)CCNS(=O)(=O)c1cc(N)c(Br)cc1OC. The lowest BCUT2D eigenvalue weighted by molar-refractivity contribution is 0.162. The van der Waals surface area contributed by atoms with E-state index in [9.17, 15) is 13.5 Å². The number of sulfonamides is 1. The maximum Gasteiger partial charge on any atom is 0.244 e. The molecule has 0 spiro atoms. The molecule has 114 valence electrons. The highest BCUT2D eigenvalue weighted by Crippen LogP contribution is 2.32. The molecule has 0 aromatic heterocycles. The minimum Gasteiger partial charge on any atom is -0.495 e. The molecule has 0 saturated heterocycles. The summed E-state index contributed by atoms with van der Waals surface area (Å²) in [6.45, 7) is 1.98. The quantitative estimate of drug-likeness (QED) is 0.634. The molecule has 1 unspecified atom stereocenters. The van der Waals surface area contributed by atoms with Gasteiger partial charge < -0.3 is 15.6 Å². The van der Waals surface area contributed by atoms with Crippen LogP contribution in [0.5, 0.6) is 5.75 Å². The van der Waals surface area contributed by atoms with Gasteiger partial charge >= 0.3 is 0 Å². The monoisotopic (exact) mass is 366 g/mol. The third-order valence-electron chi connectivity index (χ3n) is 2.81. The maximum absolute atomic E-state index is 12.2. The van der Waals surface area contributed by atoms with Crippen molar-refractivity contribution in [3.63, 3.8) is 0 Å². The van der Waals surface area contributed by atoms with Gasteiger partial charge in [-0.15, -0.1) is 0 Å². The van der Waals surface area contributed by atoms with Gasteiger partial charge in [-0.2, -0.15) is 0 Å². The van der Waals surface area contributed by atoms with Crippen molar-refractivity contribution >= 4 is 31.6 Å². The fraction of sp³-hybridized carbons (Fsp3) is 0.500. The summed E-state index contributed by atoms with van der Waals surface area (Å²) in [5.74, 6) is 0.203. The Morgan fingerprint density at radius 2 is 2.15 bits per heavy atom. The van der Waals surface area contributed by atoms with E-state index >= 15 is 0 Å². The van der Waals surface area contributed by atoms with E-state index in [0.717, 1.165) is 0 Å². The fourth-order valence-corrected chi connectivity index (χ4v) is 3.12. The third-order valence-corrected chi connectivity index (χ3v) is 4.98. The second kappa shape index (κ2) is 7.26. The van der Waals surface area contributed by atoms with Crippen LogP contribution < -0.4 is 15.2 Å². The number of methoxy groups -OCH3 is 1. The number of hydrogen-bond acceptors (Lipinski definition) is 5. The molecule has 8 heteroatoms. The van der Waals surface area contributed by atoms with E-state index in [1.807, 2.05) is 6.92 Å². The van der Waals surface area contributed by atoms with Crippen LogP contribution in [-0.2, 0) is 10.0 Å². The van der Waals surface area contributed by atoms with Crippen molar-refractivity contribution < 1.29 is 18.3 Å². The van der Waals surface area contributed by atoms with Crippen molar-refractivity contribution in [3.05, 3.63) is 16.6 Å². The molecule has 0 bridgehead atoms. The minimum atomic E-state index is -3.73. The van der Waals surface area contributed by atoms with E-state index < -0.39 is 16.1 Å². The van der Waals surface area contributed by atoms with Crippen molar-refractivity contribution in [2.45, 2.75) is 30.8 Å². The van der Waals surface area contributed by atoms with Crippen molar-refractivity contribution in [2.75, 3.05) is 19.4 Å². The van der Waals surface area contributed by atoms with Gasteiger partial charge in [-0.1, -0.05) is 6.92 Å². The van der Waals surface area contributed by atoms with Gasteiger partial charge in [-0.25, -0.2) is 13.1 Å². The zero-order valence-corrected chi connectivity index (χ0v) is 13.8. The first-order chi connectivity index (χ1) is 9.31. The number of nitrogen functional groups attached to an aromatic ring is 1. The molecular weight excluding hydrogens is 348 g/mol. The number of hydrogen-bond donors (Lipinski definition) is 3. The Kier molecular flexibility index (Phi) is 6.25. The molecule has 20 heavy (non-hydrogen) atoms. The normalized spacial score (nSPS) is 13.2. The number of nitrogens with two attached hydrogens (primary N) is 1. The fourth-order valence-electron chi connectivity index (χ4n) is 1.56. The first-order valence-corrected chi connectivity index (χ1v) is 8.40. The van der Waals surface area contributed by atoms with Gasteiger partial charge in [0.05, 0.1) is 13.2 Å². The summed E-state index contributed by atoms with van der Waals surface area (Å²) in [6.07, 6.45) is 0.412. The molecule has 0 amide bonds. The summed E-state index contributed by atoms with van der Waals surface area (Å²) in [6, 6.07) is 2.84. The second-order valence-corrected chi connectivity index (χ2v) is 6.86. The van der Waals surface area contributed by atoms with Crippen LogP contribution in [0.2, 0.25) is 0 Å². The van der Waals surface area contributed by atoms with Gasteiger partial charge in [0.15, 0.2) is 0 Å². The highest BCUT2D eigenvalue weighted by Gasteiger charge is 2.21. The molecule has 0 heterocycles. The summed E-state index contributed by atoms with van der Waals surface area (Å²) in [7, 11) is -2.35. The Balaban J connectivity index is 2.95. The zero-order chi connectivity index (χ0) is 15.3. The van der Waals surface area contributed by atoms with E-state index in [0.29, 0.717) is 23.0 Å². The molecule has 1 rings (SSSR count). The predicted molar refractivity (Wildman–Crippen MR) is 81.2 cm³/mol. The molecule has 0 saturated carbocycles. The molecule has 1 aromatic carbocycles. The summed E-state index contributed by atoms with van der Waals surface area (Å²) >= 11 is 3.22. The number of rotatable bonds is 7. The van der Waals surface area contributed by atoms with Crippen LogP contribution in [0.1, 0.15) is 19.8 Å². The van der Waals surface area contributed by atoms with Gasteiger partial charge in [0, 0.05) is 16.7 Å². The minimum absolute atomic E-state index is 0.0216. The Hall–Kier alpha value is -0.830. The Labute approximate surface area is 127 Å². The average Bonchev–Trinajstić information content (AvgIpc) is 2.40. The van der Waals surface area contributed by atoms with E-state index in [1.165, 1.54) is 19.2 Å². The molecule has 1 atom stereocenters. The lowest BCUT2D eigenvalue weighted by atomic mass is 10.2. The second-order valence-electron chi connectivity index (χ2n) is 4.27. The van der Waals surface area contributed by atoms with Crippen LogP contribution >= 0.6 is 15.9 Å². The van der Waals surface area contributed by atoms with E-state index in [1.54, 1.807) is 0 Å². The number of nitrogens with one attached hydrogen (secondary N) is 1. The van der Waals surface area contributed by atoms with Crippen molar-refractivity contribution in [3.8, 4) is 5.75 Å². The van der Waals surface area contributed by atoms with Gasteiger partial charge in [0.1, 0.15) is 10.6 Å². The summed E-state index contributed by atoms with van der Waals surface area (Å²) < 4.78 is 32.5. The molecular formula is C12H19BrN2O4S. The molecule has 6 nitrogen and oxygen atoms in total. The van der Waals surface area contributed by atoms with Crippen LogP contribution in [0.4, 0.5) is 5.69 Å². The zero-order valence-electron chi connectivity index (χ0n) is 11.4. The molecule has 0 aliphatic heterocycles. The van der Waals surface area contributed by atoms with Crippen LogP contribution in [0, 0.1) is 0 Å². The van der Waals surface area contributed by atoms with Gasteiger partial charge in [0.2, 0.25) is 10.0 Å². The Morgan fingerprint density at radius 3 is 2.70 bits per heavy atom. The number of anilines is 1. The lowest BCUT2D eigenvalue weighted by Gasteiger charge is -2.13. The molecule has 0 aliphatic carbocycles. The van der Waals surface area contributed by atoms with E-state index in [4.69, 9.17) is 10.5 Å². The Morgan fingerprint density at radius 1 is 1.50 bits per heavy atom. The van der Waals surface area contributed by atoms with Crippen molar-refractivity contribution in [1.29, 1.82) is 0 Å². The summed E-state index contributed by atoms with van der Waals surface area (Å²) in [5.41, 5.74) is 6.01. The molecule has 0 aliphatic rings. The Bertz CT molecular complexity index is 563. The van der Waals surface area contributed by atoms with Gasteiger partial charge in [0.25, 0.3) is 0 Å². The highest BCUT2D eigenvalue weighted by atomic mass is 79.9. The standard InChI is InChI=1S/C12H19BrN2O4S/c1-3-8(16)4-5-15-20(17,18)12-7-10(14)9(13)6-11(12)19-2/h6-8,15-16H,3-5,14H2,1-2H3. The van der Waals surface area contributed by atoms with E-state index in [2.05, 4.69) is 20.7 Å². The molecule has 0 radical (unpaired) electrons. The first-order valence-electron chi connectivity index (χ1n) is 6.12. The van der Waals surface area contributed by atoms with Crippen LogP contribution in [-0.4, -0.2) is 33.3 Å². The van der Waals surface area contributed by atoms with Gasteiger partial charge in [-0.05, 0) is 40.9 Å². The first kappa shape index (κ1) is 17.2. The number of aliphatic hydroxyl groups is 1. The molecule has 4 N–H and O–H groups in total. The summed E-state index contributed by atoms with van der Waals surface area (Å²) in [4.78, 5) is -0.0216. The number of benzene rings is 1. The van der Waals surface area contributed by atoms with E-state index in [-0.39, 0.29) is 17.2 Å². The maximum atomic E-state index is 12.2. The van der Waals surface area contributed by atoms with Crippen LogP contribution in [0.15, 0.2) is 21.5 Å². The largest absolute Gasteiger partial charge is 0.495 e. The summed E-state index contributed by atoms with van der Waals surface area (Å²) in [5, 5.41) is 9.42. The third kappa shape index (κ3) is 4.34. The lowest BCUT2D eigenvalue weighted by Crippen LogP contribution is -2.27. The smallest absolute Gasteiger partial charge is 0.244 e. The molecule has 0 fully saturated rings.